The Bertz CT molecular complexity index is 655. The molecule has 2 aromatic rings. The number of rotatable bonds is 1. The third-order valence-electron chi connectivity index (χ3n) is 4.87. The molecule has 3 heterocycles. The number of aryl methyl sites for hydroxylation is 1. The minimum absolute atomic E-state index is 0.477. The molecule has 1 aromatic heterocycles. The summed E-state index contributed by atoms with van der Waals surface area (Å²) >= 11 is 0. The van der Waals surface area contributed by atoms with E-state index in [1.807, 2.05) is 19.1 Å². The normalized spacial score (nSPS) is 32.7. The summed E-state index contributed by atoms with van der Waals surface area (Å²) in [5.41, 5.74) is 2.42. The number of benzene rings is 1. The molecule has 104 valence electrons. The average Bonchev–Trinajstić information content (AvgIpc) is 2.78. The summed E-state index contributed by atoms with van der Waals surface area (Å²) in [5.74, 6) is 0. The topological polar surface area (TPSA) is 45.1 Å². The van der Waals surface area contributed by atoms with Crippen molar-refractivity contribution in [3.63, 3.8) is 0 Å². The molecule has 0 amide bonds. The fourth-order valence-corrected chi connectivity index (χ4v) is 3.88. The van der Waals surface area contributed by atoms with Gasteiger partial charge in [0.1, 0.15) is 0 Å². The molecule has 3 heteroatoms. The van der Waals surface area contributed by atoms with Gasteiger partial charge in [0.15, 0.2) is 0 Å². The van der Waals surface area contributed by atoms with Crippen molar-refractivity contribution in [2.45, 2.75) is 50.3 Å². The molecule has 2 fully saturated rings. The van der Waals surface area contributed by atoms with Crippen LogP contribution in [0.25, 0.3) is 10.9 Å². The molecule has 0 saturated carbocycles. The van der Waals surface area contributed by atoms with Gasteiger partial charge < -0.3 is 10.4 Å². The molecule has 1 aromatic carbocycles. The highest BCUT2D eigenvalue weighted by Crippen LogP contribution is 2.41. The molecule has 2 aliphatic heterocycles. The number of hydrogen-bond acceptors (Lipinski definition) is 3. The summed E-state index contributed by atoms with van der Waals surface area (Å²) < 4.78 is 0. The van der Waals surface area contributed by atoms with Gasteiger partial charge in [0.05, 0.1) is 11.1 Å². The van der Waals surface area contributed by atoms with Gasteiger partial charge in [-0.05, 0) is 56.4 Å². The van der Waals surface area contributed by atoms with Gasteiger partial charge in [-0.1, -0.05) is 12.1 Å². The van der Waals surface area contributed by atoms with Crippen molar-refractivity contribution in [1.29, 1.82) is 0 Å². The van der Waals surface area contributed by atoms with Crippen LogP contribution >= 0.6 is 0 Å². The predicted molar refractivity (Wildman–Crippen MR) is 79.6 cm³/mol. The van der Waals surface area contributed by atoms with Gasteiger partial charge in [-0.2, -0.15) is 0 Å². The molecule has 4 rings (SSSR count). The molecular weight excluding hydrogens is 248 g/mol. The van der Waals surface area contributed by atoms with E-state index >= 15 is 0 Å². The van der Waals surface area contributed by atoms with E-state index in [2.05, 4.69) is 28.5 Å². The van der Waals surface area contributed by atoms with E-state index in [0.29, 0.717) is 12.1 Å². The van der Waals surface area contributed by atoms with Gasteiger partial charge in [-0.25, -0.2) is 0 Å². The summed E-state index contributed by atoms with van der Waals surface area (Å²) in [4.78, 5) is 4.53. The average molecular weight is 268 g/mol. The number of hydrogen-bond donors (Lipinski definition) is 2. The van der Waals surface area contributed by atoms with Crippen LogP contribution in [0.2, 0.25) is 0 Å². The van der Waals surface area contributed by atoms with Crippen molar-refractivity contribution < 1.29 is 5.11 Å². The summed E-state index contributed by atoms with van der Waals surface area (Å²) in [5, 5.41) is 15.8. The number of aromatic nitrogens is 1. The SMILES string of the molecule is Cc1ccc2cc(C3(O)CC4CCC(C3)N4)ccc2n1. The molecular formula is C17H20N2O. The maximum absolute atomic E-state index is 11.1. The van der Waals surface area contributed by atoms with Crippen LogP contribution in [-0.2, 0) is 5.60 Å². The van der Waals surface area contributed by atoms with Gasteiger partial charge >= 0.3 is 0 Å². The third kappa shape index (κ3) is 1.93. The fourth-order valence-electron chi connectivity index (χ4n) is 3.88. The highest BCUT2D eigenvalue weighted by Gasteiger charge is 2.43. The van der Waals surface area contributed by atoms with Crippen LogP contribution in [0.3, 0.4) is 0 Å². The zero-order valence-corrected chi connectivity index (χ0v) is 11.8. The first-order valence-corrected chi connectivity index (χ1v) is 7.49. The molecule has 2 saturated heterocycles. The van der Waals surface area contributed by atoms with Crippen LogP contribution in [-0.4, -0.2) is 22.2 Å². The van der Waals surface area contributed by atoms with Gasteiger partial charge in [-0.3, -0.25) is 4.98 Å². The summed E-state index contributed by atoms with van der Waals surface area (Å²) in [6.45, 7) is 2.01. The third-order valence-corrected chi connectivity index (χ3v) is 4.87. The first-order valence-electron chi connectivity index (χ1n) is 7.49. The van der Waals surface area contributed by atoms with E-state index in [4.69, 9.17) is 0 Å². The fraction of sp³-hybridized carbons (Fsp3) is 0.471. The van der Waals surface area contributed by atoms with Crippen LogP contribution in [0, 0.1) is 6.92 Å². The smallest absolute Gasteiger partial charge is 0.0926 e. The number of aliphatic hydroxyl groups is 1. The molecule has 2 bridgehead atoms. The van der Waals surface area contributed by atoms with E-state index in [9.17, 15) is 5.11 Å². The lowest BCUT2D eigenvalue weighted by atomic mass is 9.81. The van der Waals surface area contributed by atoms with Crippen LogP contribution in [0.4, 0.5) is 0 Å². The van der Waals surface area contributed by atoms with E-state index in [1.165, 1.54) is 12.8 Å². The molecule has 0 spiro atoms. The van der Waals surface area contributed by atoms with Crippen molar-refractivity contribution in [3.05, 3.63) is 41.6 Å². The summed E-state index contributed by atoms with van der Waals surface area (Å²) in [6.07, 6.45) is 4.05. The maximum atomic E-state index is 11.1. The molecule has 0 aliphatic carbocycles. The monoisotopic (exact) mass is 268 g/mol. The number of nitrogens with zero attached hydrogens (tertiary/aromatic N) is 1. The van der Waals surface area contributed by atoms with Crippen molar-refractivity contribution >= 4 is 10.9 Å². The van der Waals surface area contributed by atoms with Gasteiger partial charge in [0.25, 0.3) is 0 Å². The van der Waals surface area contributed by atoms with Crippen LogP contribution in [0.1, 0.15) is 36.9 Å². The Morgan fingerprint density at radius 3 is 2.65 bits per heavy atom. The van der Waals surface area contributed by atoms with E-state index < -0.39 is 5.60 Å². The summed E-state index contributed by atoms with van der Waals surface area (Å²) in [7, 11) is 0. The van der Waals surface area contributed by atoms with E-state index in [-0.39, 0.29) is 0 Å². The zero-order chi connectivity index (χ0) is 13.7. The van der Waals surface area contributed by atoms with Crippen molar-refractivity contribution in [2.75, 3.05) is 0 Å². The Hall–Kier alpha value is -1.45. The number of nitrogens with one attached hydrogen (secondary N) is 1. The number of fused-ring (bicyclic) bond motifs is 3. The maximum Gasteiger partial charge on any atom is 0.0926 e. The predicted octanol–water partition coefficient (Wildman–Crippen LogP) is 2.65. The second-order valence-corrected chi connectivity index (χ2v) is 6.44. The number of piperidine rings is 1. The molecule has 2 atom stereocenters. The van der Waals surface area contributed by atoms with Crippen LogP contribution in [0.5, 0.6) is 0 Å². The first kappa shape index (κ1) is 12.3. The van der Waals surface area contributed by atoms with E-state index in [1.54, 1.807) is 0 Å². The van der Waals surface area contributed by atoms with Crippen molar-refractivity contribution in [1.82, 2.24) is 10.3 Å². The molecule has 0 radical (unpaired) electrons. The molecule has 3 nitrogen and oxygen atoms in total. The van der Waals surface area contributed by atoms with Gasteiger partial charge in [0, 0.05) is 23.2 Å². The number of pyridine rings is 1. The Labute approximate surface area is 119 Å². The lowest BCUT2D eigenvalue weighted by Gasteiger charge is -2.37. The second-order valence-electron chi connectivity index (χ2n) is 6.44. The van der Waals surface area contributed by atoms with Gasteiger partial charge in [0.2, 0.25) is 0 Å². The lowest BCUT2D eigenvalue weighted by Crippen LogP contribution is -2.46. The minimum atomic E-state index is -0.670. The first-order chi connectivity index (χ1) is 9.62. The Morgan fingerprint density at radius 1 is 1.15 bits per heavy atom. The second kappa shape index (κ2) is 4.27. The largest absolute Gasteiger partial charge is 0.385 e. The highest BCUT2D eigenvalue weighted by atomic mass is 16.3. The van der Waals surface area contributed by atoms with Crippen LogP contribution < -0.4 is 5.32 Å². The quantitative estimate of drug-likeness (QED) is 0.835. The standard InChI is InChI=1S/C17H20N2O/c1-11-2-3-12-8-13(4-7-16(12)18-11)17(20)9-14-5-6-15(10-17)19-14/h2-4,7-8,14-15,19-20H,5-6,9-10H2,1H3. The molecule has 2 unspecified atom stereocenters. The van der Waals surface area contributed by atoms with Crippen LogP contribution in [0.15, 0.2) is 30.3 Å². The molecule has 20 heavy (non-hydrogen) atoms. The highest BCUT2D eigenvalue weighted by molar-refractivity contribution is 5.79. The summed E-state index contributed by atoms with van der Waals surface area (Å²) in [6, 6.07) is 11.3. The Morgan fingerprint density at radius 2 is 1.90 bits per heavy atom. The van der Waals surface area contributed by atoms with Crippen molar-refractivity contribution in [3.8, 4) is 0 Å². The van der Waals surface area contributed by atoms with Gasteiger partial charge in [-0.15, -0.1) is 0 Å². The molecule has 2 aliphatic rings. The Kier molecular flexibility index (Phi) is 2.63. The Balaban J connectivity index is 1.76. The zero-order valence-electron chi connectivity index (χ0n) is 11.8. The van der Waals surface area contributed by atoms with E-state index in [0.717, 1.165) is 35.0 Å². The minimum Gasteiger partial charge on any atom is -0.385 e. The lowest BCUT2D eigenvalue weighted by molar-refractivity contribution is -0.0113. The molecule has 2 N–H and O–H groups in total. The van der Waals surface area contributed by atoms with Crippen molar-refractivity contribution in [2.24, 2.45) is 0 Å².